The maximum atomic E-state index is 11.9. The zero-order valence-corrected chi connectivity index (χ0v) is 10.7. The van der Waals surface area contributed by atoms with Gasteiger partial charge in [0.15, 0.2) is 5.58 Å². The number of rotatable bonds is 4. The summed E-state index contributed by atoms with van der Waals surface area (Å²) in [6, 6.07) is 5.19. The zero-order chi connectivity index (χ0) is 12.4. The Kier molecular flexibility index (Phi) is 3.44. The van der Waals surface area contributed by atoms with Crippen LogP contribution in [0.1, 0.15) is 0 Å². The standard InChI is InChI=1S/C11H15N3O2S/c1-14(2)5-6-17(15)11-13-9-7-8(12)3-4-10(9)16-11/h3-4,7H,5-6,12H2,1-2H3. The molecule has 2 rings (SSSR count). The van der Waals surface area contributed by atoms with E-state index in [0.29, 0.717) is 22.5 Å². The smallest absolute Gasteiger partial charge is 0.287 e. The van der Waals surface area contributed by atoms with Crippen LogP contribution >= 0.6 is 0 Å². The Morgan fingerprint density at radius 3 is 2.94 bits per heavy atom. The summed E-state index contributed by atoms with van der Waals surface area (Å²) in [5.41, 5.74) is 7.53. The van der Waals surface area contributed by atoms with Crippen LogP contribution < -0.4 is 5.73 Å². The number of fused-ring (bicyclic) bond motifs is 1. The Balaban J connectivity index is 2.21. The molecule has 1 heterocycles. The van der Waals surface area contributed by atoms with Crippen molar-refractivity contribution in [3.8, 4) is 0 Å². The Hall–Kier alpha value is -1.40. The van der Waals surface area contributed by atoms with Crippen LogP contribution in [0.3, 0.4) is 0 Å². The molecule has 5 nitrogen and oxygen atoms in total. The number of benzene rings is 1. The maximum Gasteiger partial charge on any atom is 0.287 e. The van der Waals surface area contributed by atoms with E-state index in [4.69, 9.17) is 10.2 Å². The molecular formula is C11H15N3O2S. The number of anilines is 1. The molecule has 1 aromatic carbocycles. The molecule has 1 aromatic heterocycles. The fourth-order valence-electron chi connectivity index (χ4n) is 1.37. The third-order valence-corrected chi connectivity index (χ3v) is 3.43. The van der Waals surface area contributed by atoms with E-state index in [2.05, 4.69) is 4.98 Å². The van der Waals surface area contributed by atoms with Gasteiger partial charge in [-0.15, -0.1) is 0 Å². The summed E-state index contributed by atoms with van der Waals surface area (Å²) < 4.78 is 17.3. The Morgan fingerprint density at radius 2 is 2.24 bits per heavy atom. The van der Waals surface area contributed by atoms with Crippen LogP contribution in [0.4, 0.5) is 5.69 Å². The van der Waals surface area contributed by atoms with Crippen LogP contribution in [-0.2, 0) is 10.8 Å². The summed E-state index contributed by atoms with van der Waals surface area (Å²) in [6.07, 6.45) is 0. The molecule has 0 aliphatic carbocycles. The number of oxazole rings is 1. The van der Waals surface area contributed by atoms with Gasteiger partial charge in [0.2, 0.25) is 0 Å². The highest BCUT2D eigenvalue weighted by Gasteiger charge is 2.12. The van der Waals surface area contributed by atoms with E-state index < -0.39 is 10.8 Å². The number of hydrogen-bond acceptors (Lipinski definition) is 5. The van der Waals surface area contributed by atoms with Gasteiger partial charge in [0.05, 0.1) is 0 Å². The van der Waals surface area contributed by atoms with Crippen molar-refractivity contribution in [3.05, 3.63) is 18.2 Å². The molecule has 1 atom stereocenters. The molecule has 0 saturated heterocycles. The molecule has 0 fully saturated rings. The van der Waals surface area contributed by atoms with Crippen LogP contribution in [0.25, 0.3) is 11.1 Å². The number of aromatic nitrogens is 1. The fourth-order valence-corrected chi connectivity index (χ4v) is 2.46. The van der Waals surface area contributed by atoms with Crippen molar-refractivity contribution in [1.29, 1.82) is 0 Å². The Morgan fingerprint density at radius 1 is 1.47 bits per heavy atom. The van der Waals surface area contributed by atoms with Gasteiger partial charge in [-0.1, -0.05) is 0 Å². The number of nitrogens with two attached hydrogens (primary N) is 1. The lowest BCUT2D eigenvalue weighted by atomic mass is 10.3. The quantitative estimate of drug-likeness (QED) is 0.825. The minimum atomic E-state index is -1.20. The van der Waals surface area contributed by atoms with Crippen LogP contribution in [-0.4, -0.2) is 40.5 Å². The highest BCUT2D eigenvalue weighted by Crippen LogP contribution is 2.20. The molecule has 92 valence electrons. The van der Waals surface area contributed by atoms with Crippen LogP contribution in [0.5, 0.6) is 0 Å². The van der Waals surface area contributed by atoms with Gasteiger partial charge in [-0.25, -0.2) is 9.19 Å². The molecule has 6 heteroatoms. The minimum Gasteiger partial charge on any atom is -0.430 e. The predicted octanol–water partition coefficient (Wildman–Crippen LogP) is 1.08. The van der Waals surface area contributed by atoms with Gasteiger partial charge in [-0.2, -0.15) is 0 Å². The third kappa shape index (κ3) is 2.83. The summed E-state index contributed by atoms with van der Waals surface area (Å²) in [5.74, 6) is 0.509. The van der Waals surface area contributed by atoms with E-state index >= 15 is 0 Å². The lowest BCUT2D eigenvalue weighted by Crippen LogP contribution is -2.19. The lowest BCUT2D eigenvalue weighted by Gasteiger charge is -2.06. The van der Waals surface area contributed by atoms with Gasteiger partial charge in [0.25, 0.3) is 5.22 Å². The van der Waals surface area contributed by atoms with Crippen LogP contribution in [0.2, 0.25) is 0 Å². The van der Waals surface area contributed by atoms with Crippen molar-refractivity contribution in [3.63, 3.8) is 0 Å². The molecule has 0 radical (unpaired) electrons. The molecule has 1 unspecified atom stereocenters. The number of nitrogens with zero attached hydrogens (tertiary/aromatic N) is 2. The van der Waals surface area contributed by atoms with Gasteiger partial charge in [-0.3, -0.25) is 0 Å². The molecule has 0 amide bonds. The van der Waals surface area contributed by atoms with Crippen molar-refractivity contribution >= 4 is 27.6 Å². The normalized spacial score (nSPS) is 13.4. The van der Waals surface area contributed by atoms with E-state index in [0.717, 1.165) is 6.54 Å². The van der Waals surface area contributed by atoms with Crippen molar-refractivity contribution in [2.24, 2.45) is 0 Å². The van der Waals surface area contributed by atoms with Crippen molar-refractivity contribution < 1.29 is 8.63 Å². The minimum absolute atomic E-state index is 0.271. The fraction of sp³-hybridized carbons (Fsp3) is 0.364. The van der Waals surface area contributed by atoms with Crippen molar-refractivity contribution in [2.45, 2.75) is 5.22 Å². The van der Waals surface area contributed by atoms with Crippen LogP contribution in [0.15, 0.2) is 27.8 Å². The summed E-state index contributed by atoms with van der Waals surface area (Å²) in [6.45, 7) is 0.730. The van der Waals surface area contributed by atoms with Gasteiger partial charge in [-0.05, 0) is 32.3 Å². The molecule has 0 aliphatic heterocycles. The summed E-state index contributed by atoms with van der Waals surface area (Å²) in [5, 5.41) is 0.271. The molecule has 17 heavy (non-hydrogen) atoms. The third-order valence-electron chi connectivity index (χ3n) is 2.31. The molecule has 0 spiro atoms. The summed E-state index contributed by atoms with van der Waals surface area (Å²) in [7, 11) is 2.67. The first-order valence-electron chi connectivity index (χ1n) is 5.25. The van der Waals surface area contributed by atoms with Crippen LogP contribution in [0, 0.1) is 0 Å². The van der Waals surface area contributed by atoms with Gasteiger partial charge < -0.3 is 15.1 Å². The molecule has 0 saturated carbocycles. The van der Waals surface area contributed by atoms with Gasteiger partial charge in [0, 0.05) is 18.0 Å². The Bertz CT molecular complexity index is 551. The molecule has 0 bridgehead atoms. The molecule has 2 N–H and O–H groups in total. The van der Waals surface area contributed by atoms with E-state index in [1.807, 2.05) is 19.0 Å². The second-order valence-electron chi connectivity index (χ2n) is 4.06. The van der Waals surface area contributed by atoms with Crippen molar-refractivity contribution in [1.82, 2.24) is 9.88 Å². The predicted molar refractivity (Wildman–Crippen MR) is 68.3 cm³/mol. The lowest BCUT2D eigenvalue weighted by molar-refractivity contribution is 0.431. The average Bonchev–Trinajstić information content (AvgIpc) is 2.68. The van der Waals surface area contributed by atoms with E-state index in [-0.39, 0.29) is 5.22 Å². The van der Waals surface area contributed by atoms with E-state index in [1.54, 1.807) is 18.2 Å². The largest absolute Gasteiger partial charge is 0.430 e. The Labute approximate surface area is 102 Å². The molecular weight excluding hydrogens is 238 g/mol. The molecule has 2 aromatic rings. The van der Waals surface area contributed by atoms with Gasteiger partial charge >= 0.3 is 0 Å². The monoisotopic (exact) mass is 253 g/mol. The molecule has 0 aliphatic rings. The van der Waals surface area contributed by atoms with Crippen molar-refractivity contribution in [2.75, 3.05) is 32.1 Å². The number of hydrogen-bond donors (Lipinski definition) is 1. The topological polar surface area (TPSA) is 72.4 Å². The zero-order valence-electron chi connectivity index (χ0n) is 9.84. The first-order chi connectivity index (χ1) is 8.06. The first kappa shape index (κ1) is 12.1. The van der Waals surface area contributed by atoms with E-state index in [9.17, 15) is 4.21 Å². The van der Waals surface area contributed by atoms with Gasteiger partial charge in [0.1, 0.15) is 16.3 Å². The second-order valence-corrected chi connectivity index (χ2v) is 5.51. The summed E-state index contributed by atoms with van der Waals surface area (Å²) >= 11 is 0. The average molecular weight is 253 g/mol. The summed E-state index contributed by atoms with van der Waals surface area (Å²) in [4.78, 5) is 6.16. The highest BCUT2D eigenvalue weighted by atomic mass is 32.2. The second kappa shape index (κ2) is 4.85. The first-order valence-corrected chi connectivity index (χ1v) is 6.57. The highest BCUT2D eigenvalue weighted by molar-refractivity contribution is 7.84. The maximum absolute atomic E-state index is 11.9. The number of nitrogen functional groups attached to an aromatic ring is 1. The SMILES string of the molecule is CN(C)CCS(=O)c1nc2cc(N)ccc2o1. The van der Waals surface area contributed by atoms with E-state index in [1.165, 1.54) is 0 Å².